The Labute approximate surface area is 240 Å². The van der Waals surface area contributed by atoms with Gasteiger partial charge in [-0.25, -0.2) is 14.1 Å². The first-order valence-electron chi connectivity index (χ1n) is 13.5. The van der Waals surface area contributed by atoms with Crippen LogP contribution in [0.4, 0.5) is 15.8 Å². The maximum absolute atomic E-state index is 13.9. The molecule has 2 amide bonds. The predicted molar refractivity (Wildman–Crippen MR) is 153 cm³/mol. The molecule has 2 fully saturated rings. The molecule has 3 aliphatic rings. The molecular formula is C34H23FN2O5. The molecule has 8 heteroatoms. The number of rotatable bonds is 5. The van der Waals surface area contributed by atoms with Gasteiger partial charge < -0.3 is 9.64 Å². The minimum Gasteiger partial charge on any atom is -0.425 e. The summed E-state index contributed by atoms with van der Waals surface area (Å²) in [4.78, 5) is 57.2. The van der Waals surface area contributed by atoms with Crippen molar-refractivity contribution in [3.05, 3.63) is 132 Å². The molecule has 4 aromatic carbocycles. The minimum atomic E-state index is -1.10. The zero-order valence-electron chi connectivity index (χ0n) is 22.1. The number of fused-ring (bicyclic) bond motifs is 5. The second-order valence-corrected chi connectivity index (χ2v) is 10.4. The zero-order valence-corrected chi connectivity index (χ0v) is 22.1. The summed E-state index contributed by atoms with van der Waals surface area (Å²) in [6.45, 7) is 0. The second kappa shape index (κ2) is 9.92. The smallest absolute Gasteiger partial charge is 0.335 e. The number of benzene rings is 4. The minimum absolute atomic E-state index is 0.164. The van der Waals surface area contributed by atoms with Crippen LogP contribution in [0.15, 0.2) is 109 Å². The number of anilines is 2. The fourth-order valence-corrected chi connectivity index (χ4v) is 6.24. The van der Waals surface area contributed by atoms with Crippen LogP contribution in [0.1, 0.15) is 21.5 Å². The first-order chi connectivity index (χ1) is 20.4. The van der Waals surface area contributed by atoms with E-state index in [2.05, 4.69) is 0 Å². The van der Waals surface area contributed by atoms with Gasteiger partial charge in [0.25, 0.3) is 0 Å². The number of amides is 2. The molecule has 0 aromatic heterocycles. The molecule has 3 aliphatic heterocycles. The Morgan fingerprint density at radius 1 is 0.714 bits per heavy atom. The molecule has 0 aliphatic carbocycles. The summed E-state index contributed by atoms with van der Waals surface area (Å²) >= 11 is 0. The summed E-state index contributed by atoms with van der Waals surface area (Å²) in [6, 6.07) is 26.0. The Bertz CT molecular complexity index is 1770. The third-order valence-corrected chi connectivity index (χ3v) is 8.11. The van der Waals surface area contributed by atoms with Gasteiger partial charge in [0.1, 0.15) is 17.6 Å². The van der Waals surface area contributed by atoms with Crippen LogP contribution in [0.25, 0.3) is 6.08 Å². The molecule has 4 aromatic rings. The average Bonchev–Trinajstić information content (AvgIpc) is 3.50. The number of para-hydroxylation sites is 1. The highest BCUT2D eigenvalue weighted by Gasteiger charge is 2.65. The molecule has 0 unspecified atom stereocenters. The molecule has 7 nitrogen and oxygen atoms in total. The number of nitrogens with zero attached hydrogens (tertiary/aromatic N) is 2. The van der Waals surface area contributed by atoms with Crippen molar-refractivity contribution in [1.29, 1.82) is 0 Å². The van der Waals surface area contributed by atoms with Gasteiger partial charge in [0.15, 0.2) is 5.78 Å². The highest BCUT2D eigenvalue weighted by Crippen LogP contribution is 2.49. The summed E-state index contributed by atoms with van der Waals surface area (Å²) in [5.41, 5.74) is 2.80. The Balaban J connectivity index is 1.22. The molecule has 2 saturated heterocycles. The average molecular weight is 559 g/mol. The number of hydrogen-bond donors (Lipinski definition) is 0. The van der Waals surface area contributed by atoms with Crippen molar-refractivity contribution in [2.24, 2.45) is 11.8 Å². The number of ether oxygens (including phenoxy) is 1. The van der Waals surface area contributed by atoms with Gasteiger partial charge in [-0.3, -0.25) is 14.4 Å². The topological polar surface area (TPSA) is 84.0 Å². The number of esters is 1. The molecule has 42 heavy (non-hydrogen) atoms. The van der Waals surface area contributed by atoms with Crippen molar-refractivity contribution in [2.45, 2.75) is 12.1 Å². The second-order valence-electron chi connectivity index (χ2n) is 10.4. The predicted octanol–water partition coefficient (Wildman–Crippen LogP) is 5.05. The maximum Gasteiger partial charge on any atom is 0.335 e. The van der Waals surface area contributed by atoms with Crippen LogP contribution in [0, 0.1) is 17.7 Å². The van der Waals surface area contributed by atoms with E-state index < -0.39 is 47.5 Å². The van der Waals surface area contributed by atoms with Crippen LogP contribution in [-0.2, 0) is 14.4 Å². The van der Waals surface area contributed by atoms with Crippen molar-refractivity contribution in [2.75, 3.05) is 9.80 Å². The maximum atomic E-state index is 13.9. The van der Waals surface area contributed by atoms with Crippen molar-refractivity contribution < 1.29 is 28.3 Å². The summed E-state index contributed by atoms with van der Waals surface area (Å²) < 4.78 is 19.4. The lowest BCUT2D eigenvalue weighted by atomic mass is 9.89. The third kappa shape index (κ3) is 4.03. The van der Waals surface area contributed by atoms with E-state index >= 15 is 0 Å². The van der Waals surface area contributed by atoms with Gasteiger partial charge in [-0.2, -0.15) is 0 Å². The van der Waals surface area contributed by atoms with Crippen LogP contribution < -0.4 is 14.5 Å². The van der Waals surface area contributed by atoms with E-state index in [0.717, 1.165) is 16.2 Å². The normalized spacial score (nSPS) is 22.0. The lowest BCUT2D eigenvalue weighted by molar-refractivity contribution is -0.139. The lowest BCUT2D eigenvalue weighted by Crippen LogP contribution is -2.50. The Morgan fingerprint density at radius 3 is 2.10 bits per heavy atom. The van der Waals surface area contributed by atoms with E-state index in [1.54, 1.807) is 41.3 Å². The van der Waals surface area contributed by atoms with Gasteiger partial charge in [-0.15, -0.1) is 0 Å². The first kappa shape index (κ1) is 25.6. The summed E-state index contributed by atoms with van der Waals surface area (Å²) in [6.07, 6.45) is 3.73. The van der Waals surface area contributed by atoms with Crippen LogP contribution in [0.5, 0.6) is 5.75 Å². The van der Waals surface area contributed by atoms with E-state index in [1.165, 1.54) is 36.4 Å². The molecule has 0 radical (unpaired) electrons. The van der Waals surface area contributed by atoms with Crippen molar-refractivity contribution in [3.8, 4) is 5.75 Å². The number of imide groups is 1. The van der Waals surface area contributed by atoms with Gasteiger partial charge in [0.2, 0.25) is 11.8 Å². The van der Waals surface area contributed by atoms with Gasteiger partial charge >= 0.3 is 5.97 Å². The van der Waals surface area contributed by atoms with E-state index in [4.69, 9.17) is 4.74 Å². The number of ketones is 1. The van der Waals surface area contributed by atoms with Gasteiger partial charge in [0, 0.05) is 16.8 Å². The highest BCUT2D eigenvalue weighted by atomic mass is 19.1. The Hall–Kier alpha value is -5.37. The van der Waals surface area contributed by atoms with E-state index in [-0.39, 0.29) is 17.2 Å². The number of carbonyl (C=O) groups is 4. The fourth-order valence-electron chi connectivity index (χ4n) is 6.24. The van der Waals surface area contributed by atoms with Crippen LogP contribution in [0.3, 0.4) is 0 Å². The molecular weight excluding hydrogens is 535 g/mol. The third-order valence-electron chi connectivity index (χ3n) is 8.11. The van der Waals surface area contributed by atoms with Gasteiger partial charge in [-0.1, -0.05) is 60.7 Å². The van der Waals surface area contributed by atoms with Crippen molar-refractivity contribution in [1.82, 2.24) is 0 Å². The molecule has 0 saturated carbocycles. The molecule has 0 bridgehead atoms. The SMILES string of the molecule is O=C(c1ccccc1)c1ccc(OC(=O)[C@H]2[C@H]3C(=O)N(c4ccc(F)cc4)C(=O)[C@@H]3[C@H]3C=Cc4ccccc4N32)cc1. The number of carbonyl (C=O) groups excluding carboxylic acids is 4. The van der Waals surface area contributed by atoms with E-state index in [0.29, 0.717) is 11.1 Å². The molecule has 3 heterocycles. The fraction of sp³-hybridized carbons (Fsp3) is 0.118. The number of halogens is 1. The van der Waals surface area contributed by atoms with Crippen LogP contribution in [0.2, 0.25) is 0 Å². The highest BCUT2D eigenvalue weighted by molar-refractivity contribution is 6.24. The standard InChI is InChI=1S/C34H23FN2O5/c35-23-13-15-24(16-14-23)36-32(39)28-27-19-12-20-6-4-5-9-26(20)37(27)30(29(28)33(36)40)34(41)42-25-17-10-22(11-18-25)31(38)21-7-2-1-3-8-21/h1-19,27-30H/t27-,28-,29+,30-/m1/s1. The lowest BCUT2D eigenvalue weighted by Gasteiger charge is -2.36. The first-order valence-corrected chi connectivity index (χ1v) is 13.5. The van der Waals surface area contributed by atoms with Crippen LogP contribution >= 0.6 is 0 Å². The molecule has 0 N–H and O–H groups in total. The molecule has 0 spiro atoms. The monoisotopic (exact) mass is 558 g/mol. The van der Waals surface area contributed by atoms with Gasteiger partial charge in [0.05, 0.1) is 23.6 Å². The molecule has 4 atom stereocenters. The molecule has 206 valence electrons. The Kier molecular flexibility index (Phi) is 6.04. The summed E-state index contributed by atoms with van der Waals surface area (Å²) in [7, 11) is 0. The van der Waals surface area contributed by atoms with Crippen molar-refractivity contribution >= 4 is 41.0 Å². The van der Waals surface area contributed by atoms with Crippen LogP contribution in [-0.4, -0.2) is 35.7 Å². The summed E-state index contributed by atoms with van der Waals surface area (Å²) in [5.74, 6) is -3.99. The quantitative estimate of drug-likeness (QED) is 0.148. The van der Waals surface area contributed by atoms with Crippen molar-refractivity contribution in [3.63, 3.8) is 0 Å². The largest absolute Gasteiger partial charge is 0.425 e. The van der Waals surface area contributed by atoms with E-state index in [9.17, 15) is 23.6 Å². The zero-order chi connectivity index (χ0) is 29.0. The number of hydrogen-bond acceptors (Lipinski definition) is 6. The van der Waals surface area contributed by atoms with E-state index in [1.807, 2.05) is 42.5 Å². The summed E-state index contributed by atoms with van der Waals surface area (Å²) in [5, 5.41) is 0. The van der Waals surface area contributed by atoms with Gasteiger partial charge in [-0.05, 0) is 60.2 Å². The Morgan fingerprint density at radius 2 is 1.36 bits per heavy atom. The molecule has 7 rings (SSSR count).